The number of benzene rings is 2. The van der Waals surface area contributed by atoms with Gasteiger partial charge in [0.2, 0.25) is 0 Å². The van der Waals surface area contributed by atoms with Crippen LogP contribution in [0.3, 0.4) is 0 Å². The molecule has 2 aromatic rings. The quantitative estimate of drug-likeness (QED) is 0.786. The Labute approximate surface area is 126 Å². The van der Waals surface area contributed by atoms with E-state index in [1.165, 1.54) is 13.2 Å². The zero-order valence-electron chi connectivity index (χ0n) is 11.0. The molecule has 2 rings (SSSR count). The van der Waals surface area contributed by atoms with Gasteiger partial charge in [0.05, 0.1) is 7.11 Å². The van der Waals surface area contributed by atoms with Crippen LogP contribution in [0.2, 0.25) is 0 Å². The Morgan fingerprint density at radius 2 is 1.85 bits per heavy atom. The predicted octanol–water partition coefficient (Wildman–Crippen LogP) is 3.53. The van der Waals surface area contributed by atoms with E-state index in [9.17, 15) is 8.42 Å². The third-order valence-electron chi connectivity index (χ3n) is 2.59. The van der Waals surface area contributed by atoms with Crippen molar-refractivity contribution in [2.24, 2.45) is 0 Å². The minimum absolute atomic E-state index is 0.0139. The first-order valence-corrected chi connectivity index (χ1v) is 7.97. The summed E-state index contributed by atoms with van der Waals surface area (Å²) in [6.45, 7) is 1.80. The van der Waals surface area contributed by atoms with Gasteiger partial charge < -0.3 is 8.92 Å². The van der Waals surface area contributed by atoms with Crippen molar-refractivity contribution in [1.82, 2.24) is 0 Å². The summed E-state index contributed by atoms with van der Waals surface area (Å²) in [7, 11) is -2.52. The Kier molecular flexibility index (Phi) is 4.35. The highest BCUT2D eigenvalue weighted by molar-refractivity contribution is 9.10. The van der Waals surface area contributed by atoms with Crippen molar-refractivity contribution in [2.75, 3.05) is 7.11 Å². The van der Waals surface area contributed by atoms with Crippen molar-refractivity contribution < 1.29 is 17.3 Å². The number of aryl methyl sites for hydroxylation is 1. The van der Waals surface area contributed by atoms with Crippen molar-refractivity contribution in [3.05, 3.63) is 52.5 Å². The second kappa shape index (κ2) is 5.85. The lowest BCUT2D eigenvalue weighted by Gasteiger charge is -2.11. The van der Waals surface area contributed by atoms with Crippen LogP contribution in [0.5, 0.6) is 11.5 Å². The lowest BCUT2D eigenvalue weighted by Crippen LogP contribution is -2.11. The van der Waals surface area contributed by atoms with Gasteiger partial charge in [-0.05, 0) is 42.8 Å². The van der Waals surface area contributed by atoms with Crippen LogP contribution in [0.1, 0.15) is 5.56 Å². The molecule has 0 bridgehead atoms. The van der Waals surface area contributed by atoms with Crippen molar-refractivity contribution in [3.63, 3.8) is 0 Å². The molecular formula is C14H13BrO4S. The molecule has 0 aromatic heterocycles. The van der Waals surface area contributed by atoms with Gasteiger partial charge in [0.1, 0.15) is 16.4 Å². The zero-order chi connectivity index (χ0) is 14.8. The van der Waals surface area contributed by atoms with Gasteiger partial charge in [0, 0.05) is 4.47 Å². The Balaban J connectivity index is 2.43. The summed E-state index contributed by atoms with van der Waals surface area (Å²) in [5.41, 5.74) is 0.808. The number of rotatable bonds is 4. The summed E-state index contributed by atoms with van der Waals surface area (Å²) in [6, 6.07) is 11.5. The Morgan fingerprint density at radius 3 is 2.50 bits per heavy atom. The van der Waals surface area contributed by atoms with E-state index in [1.54, 1.807) is 43.3 Å². The summed E-state index contributed by atoms with van der Waals surface area (Å²) in [5, 5.41) is 0. The average Bonchev–Trinajstić information content (AvgIpc) is 2.38. The third-order valence-corrected chi connectivity index (χ3v) is 4.35. The highest BCUT2D eigenvalue weighted by Crippen LogP contribution is 2.28. The number of ether oxygens (including phenoxy) is 1. The summed E-state index contributed by atoms with van der Waals surface area (Å²) >= 11 is 3.27. The third kappa shape index (κ3) is 3.32. The van der Waals surface area contributed by atoms with Gasteiger partial charge in [-0.3, -0.25) is 0 Å². The highest BCUT2D eigenvalue weighted by Gasteiger charge is 2.22. The normalized spacial score (nSPS) is 11.2. The summed E-state index contributed by atoms with van der Waals surface area (Å²) < 4.78 is 35.6. The van der Waals surface area contributed by atoms with Gasteiger partial charge in [-0.1, -0.05) is 28.1 Å². The molecule has 4 nitrogen and oxygen atoms in total. The van der Waals surface area contributed by atoms with E-state index < -0.39 is 10.1 Å². The standard InChI is InChI=1S/C14H13BrO4S/c1-10-6-7-13(18-2)14(8-10)20(16,17)19-12-5-3-4-11(15)9-12/h3-9H,1-2H3. The fraction of sp³-hybridized carbons (Fsp3) is 0.143. The first kappa shape index (κ1) is 14.9. The van der Waals surface area contributed by atoms with Crippen molar-refractivity contribution in [2.45, 2.75) is 11.8 Å². The predicted molar refractivity (Wildman–Crippen MR) is 79.7 cm³/mol. The molecule has 0 atom stereocenters. The van der Waals surface area contributed by atoms with E-state index in [0.717, 1.165) is 10.0 Å². The van der Waals surface area contributed by atoms with Crippen molar-refractivity contribution in [3.8, 4) is 11.5 Å². The number of hydrogen-bond donors (Lipinski definition) is 0. The van der Waals surface area contributed by atoms with E-state index in [4.69, 9.17) is 8.92 Å². The molecule has 2 aromatic carbocycles. The molecule has 0 heterocycles. The Hall–Kier alpha value is -1.53. The molecule has 0 aliphatic carbocycles. The van der Waals surface area contributed by atoms with E-state index in [0.29, 0.717) is 0 Å². The van der Waals surface area contributed by atoms with Crippen LogP contribution < -0.4 is 8.92 Å². The Bertz CT molecular complexity index is 726. The number of hydrogen-bond acceptors (Lipinski definition) is 4. The monoisotopic (exact) mass is 356 g/mol. The molecule has 0 aliphatic heterocycles. The second-order valence-corrected chi connectivity index (χ2v) is 6.58. The molecule has 106 valence electrons. The minimum atomic E-state index is -3.94. The van der Waals surface area contributed by atoms with Crippen LogP contribution in [0.25, 0.3) is 0 Å². The largest absolute Gasteiger partial charge is 0.495 e. The van der Waals surface area contributed by atoms with Crippen LogP contribution in [-0.4, -0.2) is 15.5 Å². The molecule has 20 heavy (non-hydrogen) atoms. The smallest absolute Gasteiger partial charge is 0.342 e. The molecule has 0 amide bonds. The van der Waals surface area contributed by atoms with Gasteiger partial charge in [-0.15, -0.1) is 0 Å². The van der Waals surface area contributed by atoms with Crippen LogP contribution in [0.15, 0.2) is 51.8 Å². The van der Waals surface area contributed by atoms with Gasteiger partial charge in [-0.2, -0.15) is 8.42 Å². The first-order valence-electron chi connectivity index (χ1n) is 5.77. The minimum Gasteiger partial charge on any atom is -0.495 e. The topological polar surface area (TPSA) is 52.6 Å². The van der Waals surface area contributed by atoms with E-state index >= 15 is 0 Å². The summed E-state index contributed by atoms with van der Waals surface area (Å²) in [5.74, 6) is 0.494. The maximum Gasteiger partial charge on any atom is 0.342 e. The molecule has 6 heteroatoms. The van der Waals surface area contributed by atoms with Crippen molar-refractivity contribution in [1.29, 1.82) is 0 Å². The van der Waals surface area contributed by atoms with Crippen molar-refractivity contribution >= 4 is 26.0 Å². The molecule has 0 fully saturated rings. The molecule has 0 radical (unpaired) electrons. The van der Waals surface area contributed by atoms with E-state index in [2.05, 4.69) is 15.9 Å². The first-order chi connectivity index (χ1) is 9.42. The van der Waals surface area contributed by atoms with Gasteiger partial charge in [-0.25, -0.2) is 0 Å². The summed E-state index contributed by atoms with van der Waals surface area (Å²) in [4.78, 5) is 0.0139. The molecular weight excluding hydrogens is 344 g/mol. The van der Waals surface area contributed by atoms with Crippen LogP contribution in [0, 0.1) is 6.92 Å². The van der Waals surface area contributed by atoms with Crippen LogP contribution in [0.4, 0.5) is 0 Å². The molecule has 0 spiro atoms. The SMILES string of the molecule is COc1ccc(C)cc1S(=O)(=O)Oc1cccc(Br)c1. The molecule has 0 N–H and O–H groups in total. The van der Waals surface area contributed by atoms with Crippen LogP contribution in [-0.2, 0) is 10.1 Å². The molecule has 0 saturated carbocycles. The molecule has 0 aliphatic rings. The maximum absolute atomic E-state index is 12.3. The summed E-state index contributed by atoms with van der Waals surface area (Å²) in [6.07, 6.45) is 0. The van der Waals surface area contributed by atoms with Gasteiger partial charge in [0.25, 0.3) is 0 Å². The number of methoxy groups -OCH3 is 1. The van der Waals surface area contributed by atoms with Crippen LogP contribution >= 0.6 is 15.9 Å². The van der Waals surface area contributed by atoms with Gasteiger partial charge in [0.15, 0.2) is 0 Å². The fourth-order valence-electron chi connectivity index (χ4n) is 1.67. The molecule has 0 saturated heterocycles. The maximum atomic E-state index is 12.3. The lowest BCUT2D eigenvalue weighted by atomic mass is 10.2. The lowest BCUT2D eigenvalue weighted by molar-refractivity contribution is 0.398. The zero-order valence-corrected chi connectivity index (χ0v) is 13.4. The second-order valence-electron chi connectivity index (χ2n) is 4.15. The number of halogens is 1. The highest BCUT2D eigenvalue weighted by atomic mass is 79.9. The fourth-order valence-corrected chi connectivity index (χ4v) is 3.22. The van der Waals surface area contributed by atoms with E-state index in [1.807, 2.05) is 0 Å². The Morgan fingerprint density at radius 1 is 1.10 bits per heavy atom. The average molecular weight is 357 g/mol. The molecule has 0 unspecified atom stereocenters. The van der Waals surface area contributed by atoms with E-state index in [-0.39, 0.29) is 16.4 Å². The van der Waals surface area contributed by atoms with Gasteiger partial charge >= 0.3 is 10.1 Å².